The number of nitrogens with one attached hydrogen (secondary N) is 1. The van der Waals surface area contributed by atoms with Gasteiger partial charge in [0.2, 0.25) is 15.9 Å². The molecule has 0 saturated carbocycles. The van der Waals surface area contributed by atoms with Gasteiger partial charge >= 0.3 is 5.97 Å². The Morgan fingerprint density at radius 3 is 2.48 bits per heavy atom. The highest BCUT2D eigenvalue weighted by molar-refractivity contribution is 7.89. The molecule has 2 heterocycles. The van der Waals surface area contributed by atoms with E-state index < -0.39 is 16.0 Å². The zero-order valence-electron chi connectivity index (χ0n) is 16.6. The molecule has 0 radical (unpaired) electrons. The van der Waals surface area contributed by atoms with Gasteiger partial charge in [-0.3, -0.25) is 4.79 Å². The van der Waals surface area contributed by atoms with Gasteiger partial charge < -0.3 is 10.1 Å². The first kappa shape index (κ1) is 20.9. The summed E-state index contributed by atoms with van der Waals surface area (Å²) in [4.78, 5) is 24.1. The fraction of sp³-hybridized carbons (Fsp3) is 0.300. The Kier molecular flexibility index (Phi) is 5.70. The van der Waals surface area contributed by atoms with E-state index in [9.17, 15) is 18.0 Å². The minimum absolute atomic E-state index is 0.0415. The third-order valence-electron chi connectivity index (χ3n) is 5.27. The van der Waals surface area contributed by atoms with E-state index in [0.29, 0.717) is 29.6 Å². The monoisotopic (exact) mass is 444 g/mol. The van der Waals surface area contributed by atoms with Crippen LogP contribution in [-0.2, 0) is 19.6 Å². The summed E-state index contributed by atoms with van der Waals surface area (Å²) < 4.78 is 36.8. The quantitative estimate of drug-likeness (QED) is 0.592. The molecule has 0 atom stereocenters. The van der Waals surface area contributed by atoms with E-state index in [1.165, 1.54) is 17.5 Å². The lowest BCUT2D eigenvalue weighted by molar-refractivity contribution is -0.120. The van der Waals surface area contributed by atoms with Gasteiger partial charge in [0.1, 0.15) is 10.4 Å². The molecule has 1 aliphatic heterocycles. The Morgan fingerprint density at radius 2 is 1.81 bits per heavy atom. The third kappa shape index (κ3) is 4.14. The van der Waals surface area contributed by atoms with Gasteiger partial charge in [0.05, 0.1) is 12.7 Å². The van der Waals surface area contributed by atoms with Crippen LogP contribution in [0.15, 0.2) is 52.0 Å². The maximum atomic E-state index is 13.1. The van der Waals surface area contributed by atoms with Crippen molar-refractivity contribution in [1.82, 2.24) is 14.6 Å². The second-order valence-electron chi connectivity index (χ2n) is 7.12. The maximum Gasteiger partial charge on any atom is 0.337 e. The van der Waals surface area contributed by atoms with Gasteiger partial charge in [-0.25, -0.2) is 17.8 Å². The number of ether oxygens (including phenoxy) is 1. The second-order valence-corrected chi connectivity index (χ2v) is 9.03. The van der Waals surface area contributed by atoms with Crippen LogP contribution in [0.5, 0.6) is 0 Å². The number of hydrogen-bond donors (Lipinski definition) is 1. The van der Waals surface area contributed by atoms with Gasteiger partial charge in [0.25, 0.3) is 0 Å². The molecule has 2 aromatic carbocycles. The zero-order chi connectivity index (χ0) is 22.0. The van der Waals surface area contributed by atoms with E-state index >= 15 is 0 Å². The van der Waals surface area contributed by atoms with E-state index in [-0.39, 0.29) is 35.3 Å². The van der Waals surface area contributed by atoms with Crippen molar-refractivity contribution in [3.8, 4) is 0 Å². The summed E-state index contributed by atoms with van der Waals surface area (Å²) in [6, 6.07) is 11.1. The number of amides is 1. The number of piperidine rings is 1. The van der Waals surface area contributed by atoms with Crippen LogP contribution in [0, 0.1) is 5.92 Å². The molecule has 1 amide bonds. The fourth-order valence-corrected chi connectivity index (χ4v) is 5.15. The summed E-state index contributed by atoms with van der Waals surface area (Å²) in [5.74, 6) is -0.967. The summed E-state index contributed by atoms with van der Waals surface area (Å²) in [5.41, 5.74) is 1.50. The van der Waals surface area contributed by atoms with Crippen LogP contribution in [0.4, 0.5) is 5.69 Å². The lowest BCUT2D eigenvalue weighted by Crippen LogP contribution is -2.41. The van der Waals surface area contributed by atoms with Crippen molar-refractivity contribution in [3.05, 3.63) is 48.0 Å². The van der Waals surface area contributed by atoms with E-state index in [0.717, 1.165) is 0 Å². The summed E-state index contributed by atoms with van der Waals surface area (Å²) in [5, 5.41) is 10.2. The molecule has 10 nitrogen and oxygen atoms in total. The molecular weight excluding hydrogens is 424 g/mol. The predicted molar refractivity (Wildman–Crippen MR) is 110 cm³/mol. The number of fused-ring (bicyclic) bond motifs is 1. The molecule has 31 heavy (non-hydrogen) atoms. The van der Waals surface area contributed by atoms with Crippen LogP contribution in [0.1, 0.15) is 23.2 Å². The highest BCUT2D eigenvalue weighted by atomic mass is 32.2. The number of methoxy groups -OCH3 is 1. The molecule has 0 bridgehead atoms. The average molecular weight is 444 g/mol. The van der Waals surface area contributed by atoms with Crippen LogP contribution < -0.4 is 5.32 Å². The summed E-state index contributed by atoms with van der Waals surface area (Å²) in [7, 11) is -2.49. The van der Waals surface area contributed by atoms with E-state index in [2.05, 4.69) is 25.0 Å². The van der Waals surface area contributed by atoms with Gasteiger partial charge in [0.15, 0.2) is 5.52 Å². The first-order chi connectivity index (χ1) is 14.9. The van der Waals surface area contributed by atoms with E-state index in [1.54, 1.807) is 36.4 Å². The Hall–Kier alpha value is -3.31. The molecule has 0 spiro atoms. The lowest BCUT2D eigenvalue weighted by Gasteiger charge is -2.30. The average Bonchev–Trinajstić information content (AvgIpc) is 3.28. The summed E-state index contributed by atoms with van der Waals surface area (Å²) >= 11 is 0. The van der Waals surface area contributed by atoms with Gasteiger partial charge in [0, 0.05) is 24.7 Å². The predicted octanol–water partition coefficient (Wildman–Crippen LogP) is 2.05. The number of aromatic nitrogens is 2. The van der Waals surface area contributed by atoms with Crippen molar-refractivity contribution in [3.63, 3.8) is 0 Å². The summed E-state index contributed by atoms with van der Waals surface area (Å²) in [6.45, 7) is 0.423. The number of hydrogen-bond acceptors (Lipinski definition) is 8. The Bertz CT molecular complexity index is 1210. The second kappa shape index (κ2) is 8.44. The maximum absolute atomic E-state index is 13.1. The SMILES string of the molecule is COC(=O)c1ccc(NC(=O)C2CCN(S(=O)(=O)c3cccc4nonc34)CC2)cc1. The Morgan fingerprint density at radius 1 is 1.10 bits per heavy atom. The standard InChI is InChI=1S/C20H20N4O6S/c1-29-20(26)14-5-7-15(8-6-14)21-19(25)13-9-11-24(12-10-13)31(27,28)17-4-2-3-16-18(17)23-30-22-16/h2-8,13H,9-12H2,1H3,(H,21,25). The van der Waals surface area contributed by atoms with Crippen molar-refractivity contribution < 1.29 is 27.4 Å². The van der Waals surface area contributed by atoms with Gasteiger partial charge in [-0.05, 0) is 59.6 Å². The minimum Gasteiger partial charge on any atom is -0.465 e. The molecule has 1 saturated heterocycles. The van der Waals surface area contributed by atoms with Crippen molar-refractivity contribution in [2.75, 3.05) is 25.5 Å². The van der Waals surface area contributed by atoms with E-state index in [4.69, 9.17) is 0 Å². The zero-order valence-corrected chi connectivity index (χ0v) is 17.5. The van der Waals surface area contributed by atoms with Crippen LogP contribution >= 0.6 is 0 Å². The van der Waals surface area contributed by atoms with Gasteiger partial charge in [-0.15, -0.1) is 0 Å². The Labute approximate surface area is 178 Å². The smallest absolute Gasteiger partial charge is 0.337 e. The molecule has 162 valence electrons. The molecule has 1 fully saturated rings. The largest absolute Gasteiger partial charge is 0.465 e. The number of rotatable bonds is 5. The topological polar surface area (TPSA) is 132 Å². The lowest BCUT2D eigenvalue weighted by atomic mass is 9.97. The first-order valence-corrected chi connectivity index (χ1v) is 11.0. The number of carbonyl (C=O) groups excluding carboxylic acids is 2. The molecule has 0 aliphatic carbocycles. The van der Waals surface area contributed by atoms with Crippen molar-refractivity contribution in [2.45, 2.75) is 17.7 Å². The molecule has 11 heteroatoms. The molecular formula is C20H20N4O6S. The number of esters is 1. The highest BCUT2D eigenvalue weighted by Gasteiger charge is 2.33. The molecule has 3 aromatic rings. The molecule has 0 unspecified atom stereocenters. The molecule has 1 N–H and O–H groups in total. The first-order valence-electron chi connectivity index (χ1n) is 9.61. The van der Waals surface area contributed by atoms with Crippen LogP contribution in [0.25, 0.3) is 11.0 Å². The number of benzene rings is 2. The molecule has 1 aliphatic rings. The number of carbonyl (C=O) groups is 2. The van der Waals surface area contributed by atoms with Gasteiger partial charge in [-0.1, -0.05) is 6.07 Å². The van der Waals surface area contributed by atoms with Crippen LogP contribution in [0.3, 0.4) is 0 Å². The normalized spacial score (nSPS) is 15.6. The number of nitrogens with zero attached hydrogens (tertiary/aromatic N) is 3. The Balaban J connectivity index is 1.39. The van der Waals surface area contributed by atoms with Crippen LogP contribution in [0.2, 0.25) is 0 Å². The molecule has 1 aromatic heterocycles. The van der Waals surface area contributed by atoms with Gasteiger partial charge in [-0.2, -0.15) is 4.31 Å². The number of anilines is 1. The van der Waals surface area contributed by atoms with Crippen molar-refractivity contribution in [2.24, 2.45) is 5.92 Å². The van der Waals surface area contributed by atoms with Crippen molar-refractivity contribution in [1.29, 1.82) is 0 Å². The fourth-order valence-electron chi connectivity index (χ4n) is 3.54. The van der Waals surface area contributed by atoms with Crippen LogP contribution in [-0.4, -0.2) is 55.1 Å². The molecule has 4 rings (SSSR count). The van der Waals surface area contributed by atoms with E-state index in [1.807, 2.05) is 0 Å². The minimum atomic E-state index is -3.79. The highest BCUT2D eigenvalue weighted by Crippen LogP contribution is 2.28. The third-order valence-corrected chi connectivity index (χ3v) is 7.20. The number of sulfonamides is 1. The summed E-state index contributed by atoms with van der Waals surface area (Å²) in [6.07, 6.45) is 0.775. The van der Waals surface area contributed by atoms with Crippen molar-refractivity contribution >= 4 is 38.6 Å².